The minimum Gasteiger partial charge on any atom is -0.383 e. The van der Waals surface area contributed by atoms with E-state index >= 15 is 0 Å². The first-order valence-electron chi connectivity index (χ1n) is 10.3. The molecule has 1 spiro atoms. The van der Waals surface area contributed by atoms with Crippen LogP contribution in [-0.4, -0.2) is 66.5 Å². The maximum atomic E-state index is 13.6. The molecule has 2 saturated heterocycles. The zero-order valence-electron chi connectivity index (χ0n) is 17.7. The van der Waals surface area contributed by atoms with Gasteiger partial charge in [0, 0.05) is 44.4 Å². The number of fused-ring (bicyclic) bond motifs is 1. The molecule has 1 unspecified atom stereocenters. The highest BCUT2D eigenvalue weighted by Crippen LogP contribution is 2.41. The number of aryl methyl sites for hydroxylation is 2. The van der Waals surface area contributed by atoms with E-state index in [1.165, 1.54) is 0 Å². The van der Waals surface area contributed by atoms with E-state index in [0.29, 0.717) is 26.2 Å². The molecule has 1 atom stereocenters. The zero-order chi connectivity index (χ0) is 20.8. The largest absolute Gasteiger partial charge is 0.383 e. The normalized spacial score (nSPS) is 21.7. The Morgan fingerprint density at radius 3 is 2.72 bits per heavy atom. The third-order valence-electron chi connectivity index (χ3n) is 6.65. The first-order valence-corrected chi connectivity index (χ1v) is 10.3. The van der Waals surface area contributed by atoms with Crippen LogP contribution in [0.4, 0.5) is 0 Å². The Morgan fingerprint density at radius 2 is 1.97 bits per heavy atom. The van der Waals surface area contributed by atoms with Gasteiger partial charge < -0.3 is 14.5 Å². The molecule has 3 heterocycles. The van der Waals surface area contributed by atoms with Crippen molar-refractivity contribution in [2.75, 3.05) is 39.9 Å². The molecular weight excluding hydrogens is 366 g/mol. The number of nitrogens with zero attached hydrogens (tertiary/aromatic N) is 3. The minimum absolute atomic E-state index is 0.0172. The van der Waals surface area contributed by atoms with Crippen molar-refractivity contribution in [3.05, 3.63) is 40.6 Å². The Labute approximate surface area is 171 Å². The highest BCUT2D eigenvalue weighted by atomic mass is 16.5. The fourth-order valence-corrected chi connectivity index (χ4v) is 4.76. The summed E-state index contributed by atoms with van der Waals surface area (Å²) in [7, 11) is 1.65. The minimum atomic E-state index is -0.425. The lowest BCUT2D eigenvalue weighted by molar-refractivity contribution is -0.135. The van der Waals surface area contributed by atoms with Crippen molar-refractivity contribution in [1.29, 1.82) is 0 Å². The molecule has 2 amide bonds. The van der Waals surface area contributed by atoms with Gasteiger partial charge in [0.15, 0.2) is 0 Å². The highest BCUT2D eigenvalue weighted by Gasteiger charge is 2.51. The molecule has 1 aromatic heterocycles. The summed E-state index contributed by atoms with van der Waals surface area (Å²) < 4.78 is 5.13. The van der Waals surface area contributed by atoms with E-state index < -0.39 is 5.41 Å². The van der Waals surface area contributed by atoms with Crippen molar-refractivity contribution < 1.29 is 14.3 Å². The van der Waals surface area contributed by atoms with Crippen molar-refractivity contribution in [1.82, 2.24) is 14.8 Å². The van der Waals surface area contributed by atoms with E-state index in [-0.39, 0.29) is 11.8 Å². The molecule has 0 radical (unpaired) electrons. The summed E-state index contributed by atoms with van der Waals surface area (Å²) in [4.78, 5) is 35.1. The van der Waals surface area contributed by atoms with Crippen molar-refractivity contribution in [3.8, 4) is 0 Å². The van der Waals surface area contributed by atoms with Gasteiger partial charge in [-0.25, -0.2) is 0 Å². The average Bonchev–Trinajstić information content (AvgIpc) is 3.26. The highest BCUT2D eigenvalue weighted by molar-refractivity contribution is 6.08. The number of benzene rings is 1. The standard InChI is InChI=1S/C23H29N3O3/c1-15-5-6-19-18(13-15)20(16(2)17(3)24-19)21(27)26-10-8-23(14-26)7-9-25(22(23)28)11-12-29-4/h5-6,13H,7-12,14H2,1-4H3. The van der Waals surface area contributed by atoms with Crippen LogP contribution < -0.4 is 0 Å². The summed E-state index contributed by atoms with van der Waals surface area (Å²) in [6.45, 7) is 8.99. The molecule has 6 nitrogen and oxygen atoms in total. The topological polar surface area (TPSA) is 62.7 Å². The number of hydrogen-bond acceptors (Lipinski definition) is 4. The second-order valence-corrected chi connectivity index (χ2v) is 8.51. The van der Waals surface area contributed by atoms with Gasteiger partial charge in [-0.15, -0.1) is 0 Å². The predicted octanol–water partition coefficient (Wildman–Crippen LogP) is 2.87. The van der Waals surface area contributed by atoms with Gasteiger partial charge in [0.2, 0.25) is 5.91 Å². The molecule has 154 valence electrons. The molecule has 6 heteroatoms. The number of hydrogen-bond donors (Lipinski definition) is 0. The van der Waals surface area contributed by atoms with E-state index in [1.807, 2.05) is 48.8 Å². The monoisotopic (exact) mass is 395 g/mol. The van der Waals surface area contributed by atoms with Gasteiger partial charge in [-0.05, 0) is 51.3 Å². The van der Waals surface area contributed by atoms with Crippen molar-refractivity contribution in [2.24, 2.45) is 5.41 Å². The van der Waals surface area contributed by atoms with Crippen LogP contribution in [0.2, 0.25) is 0 Å². The second kappa shape index (κ2) is 7.41. The van der Waals surface area contributed by atoms with E-state index in [1.54, 1.807) is 7.11 Å². The molecular formula is C23H29N3O3. The van der Waals surface area contributed by atoms with E-state index in [4.69, 9.17) is 4.74 Å². The summed E-state index contributed by atoms with van der Waals surface area (Å²) in [6.07, 6.45) is 1.55. The van der Waals surface area contributed by atoms with Crippen molar-refractivity contribution in [2.45, 2.75) is 33.6 Å². The molecule has 2 aliphatic rings. The number of carbonyl (C=O) groups excluding carboxylic acids is 2. The number of rotatable bonds is 4. The summed E-state index contributed by atoms with van der Waals surface area (Å²) >= 11 is 0. The van der Waals surface area contributed by atoms with Gasteiger partial charge in [-0.1, -0.05) is 11.6 Å². The quantitative estimate of drug-likeness (QED) is 0.799. The lowest BCUT2D eigenvalue weighted by atomic mass is 9.85. The van der Waals surface area contributed by atoms with Gasteiger partial charge in [0.05, 0.1) is 23.1 Å². The predicted molar refractivity (Wildman–Crippen MR) is 112 cm³/mol. The average molecular weight is 396 g/mol. The molecule has 2 fully saturated rings. The van der Waals surface area contributed by atoms with Crippen LogP contribution in [0.25, 0.3) is 10.9 Å². The second-order valence-electron chi connectivity index (χ2n) is 8.51. The molecule has 2 aromatic rings. The van der Waals surface area contributed by atoms with Gasteiger partial charge >= 0.3 is 0 Å². The molecule has 0 saturated carbocycles. The molecule has 29 heavy (non-hydrogen) atoms. The fourth-order valence-electron chi connectivity index (χ4n) is 4.76. The lowest BCUT2D eigenvalue weighted by Gasteiger charge is -2.24. The van der Waals surface area contributed by atoms with E-state index in [0.717, 1.165) is 52.7 Å². The van der Waals surface area contributed by atoms with Crippen LogP contribution in [0.1, 0.15) is 40.0 Å². The molecule has 1 aromatic carbocycles. The lowest BCUT2D eigenvalue weighted by Crippen LogP contribution is -2.39. The van der Waals surface area contributed by atoms with Crippen molar-refractivity contribution in [3.63, 3.8) is 0 Å². The van der Waals surface area contributed by atoms with Crippen LogP contribution in [0.3, 0.4) is 0 Å². The fraction of sp³-hybridized carbons (Fsp3) is 0.522. The maximum Gasteiger partial charge on any atom is 0.254 e. The van der Waals surface area contributed by atoms with E-state index in [2.05, 4.69) is 4.98 Å². The number of carbonyl (C=O) groups is 2. The molecule has 4 rings (SSSR count). The summed E-state index contributed by atoms with van der Waals surface area (Å²) in [5, 5.41) is 0.901. The van der Waals surface area contributed by atoms with Crippen LogP contribution in [0.5, 0.6) is 0 Å². The third-order valence-corrected chi connectivity index (χ3v) is 6.65. The first-order chi connectivity index (χ1) is 13.9. The molecule has 2 aliphatic heterocycles. The molecule has 0 N–H and O–H groups in total. The Hall–Kier alpha value is -2.47. The Balaban J connectivity index is 1.63. The number of methoxy groups -OCH3 is 1. The Bertz CT molecular complexity index is 987. The van der Waals surface area contributed by atoms with Gasteiger partial charge in [-0.2, -0.15) is 0 Å². The SMILES string of the molecule is COCCN1CCC2(CCN(C(=O)c3c(C)c(C)nc4ccc(C)cc34)C2)C1=O. The smallest absolute Gasteiger partial charge is 0.254 e. The van der Waals surface area contributed by atoms with Crippen LogP contribution in [0.15, 0.2) is 18.2 Å². The number of ether oxygens (including phenoxy) is 1. The summed E-state index contributed by atoms with van der Waals surface area (Å²) in [6, 6.07) is 6.05. The number of amides is 2. The molecule has 0 bridgehead atoms. The van der Waals surface area contributed by atoms with Gasteiger partial charge in [0.1, 0.15) is 0 Å². The number of likely N-dealkylation sites (tertiary alicyclic amines) is 2. The van der Waals surface area contributed by atoms with Crippen LogP contribution in [-0.2, 0) is 9.53 Å². The Morgan fingerprint density at radius 1 is 1.21 bits per heavy atom. The zero-order valence-corrected chi connectivity index (χ0v) is 17.7. The summed E-state index contributed by atoms with van der Waals surface area (Å²) in [5.74, 6) is 0.191. The van der Waals surface area contributed by atoms with Gasteiger partial charge in [0.25, 0.3) is 5.91 Å². The molecule has 0 aliphatic carbocycles. The number of aromatic nitrogens is 1. The summed E-state index contributed by atoms with van der Waals surface area (Å²) in [5.41, 5.74) is 4.06. The van der Waals surface area contributed by atoms with Crippen molar-refractivity contribution >= 4 is 22.7 Å². The first kappa shape index (κ1) is 19.8. The third kappa shape index (κ3) is 3.29. The number of pyridine rings is 1. The maximum absolute atomic E-state index is 13.6. The van der Waals surface area contributed by atoms with E-state index in [9.17, 15) is 9.59 Å². The van der Waals surface area contributed by atoms with Crippen LogP contribution in [0, 0.1) is 26.2 Å². The van der Waals surface area contributed by atoms with Gasteiger partial charge in [-0.3, -0.25) is 14.6 Å². The van der Waals surface area contributed by atoms with Crippen LogP contribution >= 0.6 is 0 Å². The Kier molecular flexibility index (Phi) is 5.07.